The molecule has 2 N–H and O–H groups in total. The van der Waals surface area contributed by atoms with Gasteiger partial charge in [0.25, 0.3) is 0 Å². The molecule has 0 saturated carbocycles. The van der Waals surface area contributed by atoms with E-state index in [0.29, 0.717) is 25.3 Å². The van der Waals surface area contributed by atoms with Gasteiger partial charge in [0.05, 0.1) is 12.7 Å². The molecule has 0 aromatic heterocycles. The van der Waals surface area contributed by atoms with Crippen molar-refractivity contribution in [1.82, 2.24) is 5.32 Å². The Bertz CT molecular complexity index is 276. The number of hydrogen-bond acceptors (Lipinski definition) is 3. The molecule has 0 bridgehead atoms. The highest BCUT2D eigenvalue weighted by Crippen LogP contribution is 2.11. The van der Waals surface area contributed by atoms with Gasteiger partial charge in [0.15, 0.2) is 0 Å². The monoisotopic (exact) mass is 213 g/mol. The van der Waals surface area contributed by atoms with E-state index in [2.05, 4.69) is 5.32 Å². The van der Waals surface area contributed by atoms with Crippen molar-refractivity contribution in [1.29, 1.82) is 0 Å². The van der Waals surface area contributed by atoms with E-state index in [-0.39, 0.29) is 5.82 Å². The fourth-order valence-corrected chi connectivity index (χ4v) is 1.22. The zero-order valence-electron chi connectivity index (χ0n) is 8.74. The Labute approximate surface area is 88.9 Å². The van der Waals surface area contributed by atoms with Crippen LogP contribution < -0.4 is 5.32 Å². The van der Waals surface area contributed by atoms with Crippen LogP contribution >= 0.6 is 0 Å². The molecule has 15 heavy (non-hydrogen) atoms. The first-order valence-corrected chi connectivity index (χ1v) is 4.87. The van der Waals surface area contributed by atoms with Crippen molar-refractivity contribution in [2.75, 3.05) is 26.8 Å². The summed E-state index contributed by atoms with van der Waals surface area (Å²) in [7, 11) is 1.62. The quantitative estimate of drug-likeness (QED) is 0.695. The minimum atomic E-state index is -0.609. The molecule has 0 aliphatic heterocycles. The van der Waals surface area contributed by atoms with Crippen LogP contribution in [0, 0.1) is 5.82 Å². The average molecular weight is 213 g/mol. The van der Waals surface area contributed by atoms with Crippen molar-refractivity contribution < 1.29 is 14.2 Å². The molecule has 1 aromatic carbocycles. The van der Waals surface area contributed by atoms with E-state index in [1.54, 1.807) is 19.2 Å². The fraction of sp³-hybridized carbons (Fsp3) is 0.455. The Hall–Kier alpha value is -0.970. The summed E-state index contributed by atoms with van der Waals surface area (Å²) in [5.41, 5.74) is 0.710. The lowest BCUT2D eigenvalue weighted by Crippen LogP contribution is -2.24. The molecule has 4 heteroatoms. The van der Waals surface area contributed by atoms with E-state index >= 15 is 0 Å². The summed E-state index contributed by atoms with van der Waals surface area (Å²) in [4.78, 5) is 0. The summed E-state index contributed by atoms with van der Waals surface area (Å²) >= 11 is 0. The van der Waals surface area contributed by atoms with E-state index in [0.717, 1.165) is 0 Å². The topological polar surface area (TPSA) is 41.5 Å². The molecule has 0 radical (unpaired) electrons. The molecule has 1 rings (SSSR count). The molecular weight excluding hydrogens is 197 g/mol. The third-order valence-corrected chi connectivity index (χ3v) is 2.08. The summed E-state index contributed by atoms with van der Waals surface area (Å²) in [6, 6.07) is 5.84. The molecule has 0 spiro atoms. The van der Waals surface area contributed by atoms with E-state index in [4.69, 9.17) is 4.74 Å². The van der Waals surface area contributed by atoms with Crippen molar-refractivity contribution in [3.63, 3.8) is 0 Å². The minimum absolute atomic E-state index is 0.293. The van der Waals surface area contributed by atoms with Gasteiger partial charge in [0.2, 0.25) is 0 Å². The molecule has 1 unspecified atom stereocenters. The number of halogens is 1. The first kappa shape index (κ1) is 12.1. The molecule has 0 saturated heterocycles. The number of rotatable bonds is 6. The van der Waals surface area contributed by atoms with Crippen LogP contribution in [0.5, 0.6) is 0 Å². The largest absolute Gasteiger partial charge is 0.387 e. The summed E-state index contributed by atoms with van der Waals surface area (Å²) in [6.07, 6.45) is -0.609. The fourth-order valence-electron chi connectivity index (χ4n) is 1.22. The maximum Gasteiger partial charge on any atom is 0.123 e. The predicted molar refractivity (Wildman–Crippen MR) is 56.1 cm³/mol. The van der Waals surface area contributed by atoms with Gasteiger partial charge in [-0.3, -0.25) is 0 Å². The summed E-state index contributed by atoms with van der Waals surface area (Å²) < 4.78 is 17.4. The second kappa shape index (κ2) is 6.50. The van der Waals surface area contributed by atoms with Gasteiger partial charge in [-0.1, -0.05) is 12.1 Å². The second-order valence-electron chi connectivity index (χ2n) is 3.26. The zero-order valence-corrected chi connectivity index (χ0v) is 8.74. The lowest BCUT2D eigenvalue weighted by molar-refractivity contribution is 0.161. The maximum atomic E-state index is 12.6. The van der Waals surface area contributed by atoms with Gasteiger partial charge < -0.3 is 15.2 Å². The van der Waals surface area contributed by atoms with Gasteiger partial charge in [-0.25, -0.2) is 4.39 Å². The third-order valence-electron chi connectivity index (χ3n) is 2.08. The van der Waals surface area contributed by atoms with E-state index in [9.17, 15) is 9.50 Å². The van der Waals surface area contributed by atoms with Gasteiger partial charge in [0.1, 0.15) is 5.82 Å². The van der Waals surface area contributed by atoms with Crippen molar-refractivity contribution >= 4 is 0 Å². The van der Waals surface area contributed by atoms with Gasteiger partial charge in [0, 0.05) is 20.2 Å². The predicted octanol–water partition coefficient (Wildman–Crippen LogP) is 1.10. The van der Waals surface area contributed by atoms with Crippen LogP contribution in [0.4, 0.5) is 4.39 Å². The molecule has 84 valence electrons. The highest BCUT2D eigenvalue weighted by molar-refractivity contribution is 5.18. The van der Waals surface area contributed by atoms with Crippen molar-refractivity contribution in [2.24, 2.45) is 0 Å². The van der Waals surface area contributed by atoms with Crippen LogP contribution in [0.2, 0.25) is 0 Å². The van der Waals surface area contributed by atoms with Crippen LogP contribution in [0.3, 0.4) is 0 Å². The Kier molecular flexibility index (Phi) is 5.25. The molecule has 3 nitrogen and oxygen atoms in total. The number of aliphatic hydroxyl groups is 1. The SMILES string of the molecule is COCCNCC(O)c1ccc(F)cc1. The molecule has 0 heterocycles. The molecule has 1 atom stereocenters. The van der Waals surface area contributed by atoms with E-state index < -0.39 is 6.10 Å². The Morgan fingerprint density at radius 2 is 2.07 bits per heavy atom. The molecule has 1 aromatic rings. The molecular formula is C11H16FNO2. The van der Waals surface area contributed by atoms with Gasteiger partial charge in [-0.2, -0.15) is 0 Å². The first-order valence-electron chi connectivity index (χ1n) is 4.87. The number of ether oxygens (including phenoxy) is 1. The highest BCUT2D eigenvalue weighted by atomic mass is 19.1. The molecule has 0 amide bonds. The van der Waals surface area contributed by atoms with Crippen LogP contribution in [-0.4, -0.2) is 31.9 Å². The lowest BCUT2D eigenvalue weighted by atomic mass is 10.1. The number of nitrogens with one attached hydrogen (secondary N) is 1. The first-order chi connectivity index (χ1) is 7.24. The van der Waals surface area contributed by atoms with Gasteiger partial charge in [-0.05, 0) is 17.7 Å². The smallest absolute Gasteiger partial charge is 0.123 e. The van der Waals surface area contributed by atoms with Crippen molar-refractivity contribution in [3.05, 3.63) is 35.6 Å². The normalized spacial score (nSPS) is 12.7. The molecule has 0 fully saturated rings. The summed E-state index contributed by atoms with van der Waals surface area (Å²) in [5, 5.41) is 12.7. The van der Waals surface area contributed by atoms with E-state index in [1.165, 1.54) is 12.1 Å². The van der Waals surface area contributed by atoms with Crippen molar-refractivity contribution in [2.45, 2.75) is 6.10 Å². The second-order valence-corrected chi connectivity index (χ2v) is 3.26. The van der Waals surface area contributed by atoms with Gasteiger partial charge >= 0.3 is 0 Å². The number of aliphatic hydroxyl groups excluding tert-OH is 1. The van der Waals surface area contributed by atoms with E-state index in [1.807, 2.05) is 0 Å². The van der Waals surface area contributed by atoms with Gasteiger partial charge in [-0.15, -0.1) is 0 Å². The highest BCUT2D eigenvalue weighted by Gasteiger charge is 2.06. The number of hydrogen-bond donors (Lipinski definition) is 2. The number of methoxy groups -OCH3 is 1. The molecule has 0 aliphatic carbocycles. The average Bonchev–Trinajstić information content (AvgIpc) is 2.25. The number of benzene rings is 1. The Morgan fingerprint density at radius 1 is 1.40 bits per heavy atom. The third kappa shape index (κ3) is 4.38. The standard InChI is InChI=1S/C11H16FNO2/c1-15-7-6-13-8-11(14)9-2-4-10(12)5-3-9/h2-5,11,13-14H,6-8H2,1H3. The summed E-state index contributed by atoms with van der Waals surface area (Å²) in [6.45, 7) is 1.74. The Balaban J connectivity index is 2.33. The Morgan fingerprint density at radius 3 is 2.67 bits per heavy atom. The zero-order chi connectivity index (χ0) is 11.1. The minimum Gasteiger partial charge on any atom is -0.387 e. The maximum absolute atomic E-state index is 12.6. The lowest BCUT2D eigenvalue weighted by Gasteiger charge is -2.11. The van der Waals surface area contributed by atoms with Crippen LogP contribution in [-0.2, 0) is 4.74 Å². The molecule has 0 aliphatic rings. The van der Waals surface area contributed by atoms with Crippen molar-refractivity contribution in [3.8, 4) is 0 Å². The van der Waals surface area contributed by atoms with Crippen LogP contribution in [0.25, 0.3) is 0 Å². The summed E-state index contributed by atoms with van der Waals surface area (Å²) in [5.74, 6) is -0.293. The van der Waals surface area contributed by atoms with Crippen LogP contribution in [0.1, 0.15) is 11.7 Å². The van der Waals surface area contributed by atoms with Crippen LogP contribution in [0.15, 0.2) is 24.3 Å².